The molecule has 0 aromatic rings. The van der Waals surface area contributed by atoms with Crippen LogP contribution in [0.4, 0.5) is 4.79 Å². The summed E-state index contributed by atoms with van der Waals surface area (Å²) in [6, 6.07) is 0. The van der Waals surface area contributed by atoms with Gasteiger partial charge in [0.1, 0.15) is 11.7 Å². The second-order valence-corrected chi connectivity index (χ2v) is 6.30. The first-order valence-electron chi connectivity index (χ1n) is 7.52. The quantitative estimate of drug-likeness (QED) is 0.560. The van der Waals surface area contributed by atoms with Crippen LogP contribution in [0, 0.1) is 0 Å². The van der Waals surface area contributed by atoms with Crippen LogP contribution in [0.15, 0.2) is 12.2 Å². The van der Waals surface area contributed by atoms with Gasteiger partial charge in [-0.2, -0.15) is 0 Å². The molecular formula is C16H28O4. The molecule has 1 aliphatic rings. The molecule has 0 radical (unpaired) electrons. The Hall–Kier alpha value is -1.03. The second-order valence-electron chi connectivity index (χ2n) is 6.30. The van der Waals surface area contributed by atoms with Crippen LogP contribution < -0.4 is 0 Å². The molecule has 1 fully saturated rings. The highest BCUT2D eigenvalue weighted by Gasteiger charge is 2.36. The number of allylic oxidation sites excluding steroid dienone is 2. The maximum absolute atomic E-state index is 11.7. The van der Waals surface area contributed by atoms with Gasteiger partial charge in [-0.15, -0.1) is 0 Å². The van der Waals surface area contributed by atoms with E-state index in [1.54, 1.807) is 0 Å². The molecule has 116 valence electrons. The highest BCUT2D eigenvalue weighted by Crippen LogP contribution is 2.27. The fraction of sp³-hybridized carbons (Fsp3) is 0.812. The molecule has 20 heavy (non-hydrogen) atoms. The van der Waals surface area contributed by atoms with E-state index in [9.17, 15) is 4.79 Å². The lowest BCUT2D eigenvalue weighted by Crippen LogP contribution is -2.31. The van der Waals surface area contributed by atoms with Crippen LogP contribution in [0.2, 0.25) is 0 Å². The normalized spacial score (nSPS) is 26.9. The van der Waals surface area contributed by atoms with E-state index in [0.717, 1.165) is 25.7 Å². The molecule has 1 aliphatic heterocycles. The van der Waals surface area contributed by atoms with Crippen molar-refractivity contribution in [1.82, 2.24) is 0 Å². The van der Waals surface area contributed by atoms with Crippen molar-refractivity contribution >= 4 is 6.16 Å². The van der Waals surface area contributed by atoms with Gasteiger partial charge in [-0.3, -0.25) is 0 Å². The minimum absolute atomic E-state index is 0.0287. The summed E-state index contributed by atoms with van der Waals surface area (Å²) in [6.07, 6.45) is 7.18. The van der Waals surface area contributed by atoms with Crippen molar-refractivity contribution in [2.24, 2.45) is 0 Å². The standard InChI is InChI=1S/C16H28O4/c1-6-7-8-9-10-13-14(11-12(2)18-13)19-15(17)20-16(3,4)5/h7-8,12-14H,6,9-11H2,1-5H3/b8-7-/t12-,13+,14+/m1/s1. The maximum Gasteiger partial charge on any atom is 0.509 e. The first-order chi connectivity index (χ1) is 9.31. The summed E-state index contributed by atoms with van der Waals surface area (Å²) in [6.45, 7) is 9.60. The summed E-state index contributed by atoms with van der Waals surface area (Å²) in [5.41, 5.74) is -0.526. The Labute approximate surface area is 122 Å². The molecule has 4 heteroatoms. The van der Waals surface area contributed by atoms with Gasteiger partial charge in [0.15, 0.2) is 0 Å². The van der Waals surface area contributed by atoms with E-state index in [2.05, 4.69) is 19.1 Å². The number of carbonyl (C=O) groups excluding carboxylic acids is 1. The van der Waals surface area contributed by atoms with Gasteiger partial charge in [0.2, 0.25) is 0 Å². The third-order valence-corrected chi connectivity index (χ3v) is 3.04. The summed E-state index contributed by atoms with van der Waals surface area (Å²) in [4.78, 5) is 11.7. The maximum atomic E-state index is 11.7. The van der Waals surface area contributed by atoms with Crippen molar-refractivity contribution < 1.29 is 19.0 Å². The molecule has 0 aromatic heterocycles. The smallest absolute Gasteiger partial charge is 0.429 e. The molecule has 1 saturated heterocycles. The Morgan fingerprint density at radius 3 is 2.65 bits per heavy atom. The number of hydrogen-bond donors (Lipinski definition) is 0. The molecule has 0 N–H and O–H groups in total. The van der Waals surface area contributed by atoms with E-state index >= 15 is 0 Å². The van der Waals surface area contributed by atoms with Gasteiger partial charge in [-0.1, -0.05) is 19.1 Å². The van der Waals surface area contributed by atoms with Crippen molar-refractivity contribution in [3.63, 3.8) is 0 Å². The monoisotopic (exact) mass is 284 g/mol. The number of carbonyl (C=O) groups is 1. The van der Waals surface area contributed by atoms with Crippen molar-refractivity contribution in [2.75, 3.05) is 0 Å². The molecule has 1 rings (SSSR count). The summed E-state index contributed by atoms with van der Waals surface area (Å²) in [5, 5.41) is 0. The van der Waals surface area contributed by atoms with Crippen molar-refractivity contribution in [3.8, 4) is 0 Å². The first-order valence-corrected chi connectivity index (χ1v) is 7.52. The highest BCUT2D eigenvalue weighted by molar-refractivity contribution is 5.60. The number of hydrogen-bond acceptors (Lipinski definition) is 4. The molecule has 0 amide bonds. The van der Waals surface area contributed by atoms with Gasteiger partial charge in [0.05, 0.1) is 12.2 Å². The molecule has 0 spiro atoms. The van der Waals surface area contributed by atoms with Gasteiger partial charge in [-0.05, 0) is 47.0 Å². The van der Waals surface area contributed by atoms with E-state index in [4.69, 9.17) is 14.2 Å². The van der Waals surface area contributed by atoms with Crippen LogP contribution in [-0.4, -0.2) is 30.1 Å². The van der Waals surface area contributed by atoms with Crippen LogP contribution in [0.5, 0.6) is 0 Å². The Bertz CT molecular complexity index is 330. The van der Waals surface area contributed by atoms with Crippen LogP contribution in [-0.2, 0) is 14.2 Å². The third-order valence-electron chi connectivity index (χ3n) is 3.04. The molecule has 0 saturated carbocycles. The van der Waals surface area contributed by atoms with Crippen LogP contribution in [0.3, 0.4) is 0 Å². The van der Waals surface area contributed by atoms with Gasteiger partial charge in [-0.25, -0.2) is 4.79 Å². The highest BCUT2D eigenvalue weighted by atomic mass is 16.7. The van der Waals surface area contributed by atoms with E-state index < -0.39 is 11.8 Å². The van der Waals surface area contributed by atoms with Crippen LogP contribution in [0.1, 0.15) is 60.3 Å². The molecule has 4 nitrogen and oxygen atoms in total. The average Bonchev–Trinajstić information content (AvgIpc) is 2.62. The predicted octanol–water partition coefficient (Wildman–Crippen LogP) is 4.23. The van der Waals surface area contributed by atoms with Crippen molar-refractivity contribution in [3.05, 3.63) is 12.2 Å². The van der Waals surface area contributed by atoms with Gasteiger partial charge in [0, 0.05) is 6.42 Å². The Morgan fingerprint density at radius 2 is 2.05 bits per heavy atom. The number of rotatable bonds is 5. The van der Waals surface area contributed by atoms with E-state index in [-0.39, 0.29) is 18.3 Å². The predicted molar refractivity (Wildman–Crippen MR) is 78.7 cm³/mol. The average molecular weight is 284 g/mol. The molecular weight excluding hydrogens is 256 g/mol. The zero-order chi connectivity index (χ0) is 15.2. The fourth-order valence-electron chi connectivity index (χ4n) is 2.24. The van der Waals surface area contributed by atoms with Crippen LogP contribution in [0.25, 0.3) is 0 Å². The van der Waals surface area contributed by atoms with Gasteiger partial charge in [0.25, 0.3) is 0 Å². The molecule has 0 aromatic carbocycles. The Balaban J connectivity index is 2.45. The molecule has 0 unspecified atom stereocenters. The zero-order valence-corrected chi connectivity index (χ0v) is 13.3. The van der Waals surface area contributed by atoms with E-state index in [0.29, 0.717) is 0 Å². The number of ether oxygens (including phenoxy) is 3. The SMILES string of the molecule is CC/C=C\CC[C@@H]1O[C@H](C)C[C@@H]1OC(=O)OC(C)(C)C. The third kappa shape index (κ3) is 6.42. The first kappa shape index (κ1) is 17.0. The molecule has 1 heterocycles. The Morgan fingerprint density at radius 1 is 1.35 bits per heavy atom. The zero-order valence-electron chi connectivity index (χ0n) is 13.3. The molecule has 0 aliphatic carbocycles. The largest absolute Gasteiger partial charge is 0.509 e. The molecule has 3 atom stereocenters. The summed E-state index contributed by atoms with van der Waals surface area (Å²) in [7, 11) is 0. The van der Waals surface area contributed by atoms with E-state index in [1.807, 2.05) is 27.7 Å². The fourth-order valence-corrected chi connectivity index (χ4v) is 2.24. The van der Waals surface area contributed by atoms with Gasteiger partial charge >= 0.3 is 6.16 Å². The topological polar surface area (TPSA) is 44.8 Å². The minimum atomic E-state index is -0.602. The lowest BCUT2D eigenvalue weighted by molar-refractivity contribution is -0.0484. The summed E-state index contributed by atoms with van der Waals surface area (Å²) < 4.78 is 16.4. The summed E-state index contributed by atoms with van der Waals surface area (Å²) in [5.74, 6) is 0. The lowest BCUT2D eigenvalue weighted by Gasteiger charge is -2.22. The molecule has 0 bridgehead atoms. The second kappa shape index (κ2) is 7.67. The Kier molecular flexibility index (Phi) is 6.53. The lowest BCUT2D eigenvalue weighted by atomic mass is 10.1. The van der Waals surface area contributed by atoms with Crippen molar-refractivity contribution in [1.29, 1.82) is 0 Å². The van der Waals surface area contributed by atoms with E-state index in [1.165, 1.54) is 0 Å². The van der Waals surface area contributed by atoms with Gasteiger partial charge < -0.3 is 14.2 Å². The van der Waals surface area contributed by atoms with Crippen LogP contribution >= 0.6 is 0 Å². The minimum Gasteiger partial charge on any atom is -0.429 e. The summed E-state index contributed by atoms with van der Waals surface area (Å²) >= 11 is 0. The van der Waals surface area contributed by atoms with Crippen molar-refractivity contribution in [2.45, 2.75) is 84.2 Å².